The Morgan fingerprint density at radius 2 is 1.96 bits per heavy atom. The highest BCUT2D eigenvalue weighted by atomic mass is 32.2. The van der Waals surface area contributed by atoms with Gasteiger partial charge < -0.3 is 14.5 Å². The summed E-state index contributed by atoms with van der Waals surface area (Å²) in [5, 5.41) is 0. The SMILES string of the molecule is CCN(C(=O)COC(=O)c1ccc(N2CCCC2=O)cc1)[C@H]1CCS(=O)(=O)C1. The summed E-state index contributed by atoms with van der Waals surface area (Å²) in [6, 6.07) is 6.13. The maximum Gasteiger partial charge on any atom is 0.338 e. The molecule has 2 heterocycles. The largest absolute Gasteiger partial charge is 0.452 e. The molecule has 2 aliphatic rings. The topological polar surface area (TPSA) is 101 Å². The number of amides is 2. The van der Waals surface area contributed by atoms with Gasteiger partial charge in [-0.25, -0.2) is 13.2 Å². The smallest absolute Gasteiger partial charge is 0.338 e. The lowest BCUT2D eigenvalue weighted by atomic mass is 10.2. The van der Waals surface area contributed by atoms with Crippen molar-refractivity contribution in [3.8, 4) is 0 Å². The zero-order chi connectivity index (χ0) is 20.3. The van der Waals surface area contributed by atoms with Crippen LogP contribution in [0.1, 0.15) is 36.5 Å². The predicted octanol–water partition coefficient (Wildman–Crippen LogP) is 1.01. The van der Waals surface area contributed by atoms with Crippen molar-refractivity contribution in [2.75, 3.05) is 36.1 Å². The molecule has 0 radical (unpaired) electrons. The van der Waals surface area contributed by atoms with Crippen LogP contribution in [0.4, 0.5) is 5.69 Å². The Morgan fingerprint density at radius 1 is 1.25 bits per heavy atom. The first-order valence-electron chi connectivity index (χ1n) is 9.38. The molecule has 2 aliphatic heterocycles. The molecule has 1 aromatic rings. The number of likely N-dealkylation sites (N-methyl/N-ethyl adjacent to an activating group) is 1. The fourth-order valence-electron chi connectivity index (χ4n) is 3.65. The lowest BCUT2D eigenvalue weighted by Crippen LogP contribution is -2.43. The van der Waals surface area contributed by atoms with E-state index in [-0.39, 0.29) is 29.0 Å². The summed E-state index contributed by atoms with van der Waals surface area (Å²) in [5.74, 6) is -0.945. The number of anilines is 1. The highest BCUT2D eigenvalue weighted by molar-refractivity contribution is 7.91. The molecule has 1 atom stereocenters. The fourth-order valence-corrected chi connectivity index (χ4v) is 5.38. The molecule has 2 fully saturated rings. The van der Waals surface area contributed by atoms with Crippen LogP contribution in [-0.4, -0.2) is 68.3 Å². The van der Waals surface area contributed by atoms with Crippen molar-refractivity contribution in [1.29, 1.82) is 0 Å². The lowest BCUT2D eigenvalue weighted by Gasteiger charge is -2.26. The first kappa shape index (κ1) is 20.3. The number of carbonyl (C=O) groups is 3. The summed E-state index contributed by atoms with van der Waals surface area (Å²) in [7, 11) is -3.10. The second-order valence-corrected chi connectivity index (χ2v) is 9.24. The molecule has 28 heavy (non-hydrogen) atoms. The fraction of sp³-hybridized carbons (Fsp3) is 0.526. The number of rotatable bonds is 6. The molecule has 0 spiro atoms. The van der Waals surface area contributed by atoms with Gasteiger partial charge in [-0.2, -0.15) is 0 Å². The molecule has 152 valence electrons. The van der Waals surface area contributed by atoms with E-state index in [1.807, 2.05) is 0 Å². The highest BCUT2D eigenvalue weighted by Crippen LogP contribution is 2.22. The van der Waals surface area contributed by atoms with E-state index >= 15 is 0 Å². The molecule has 9 heteroatoms. The molecule has 0 bridgehead atoms. The summed E-state index contributed by atoms with van der Waals surface area (Å²) in [6.45, 7) is 2.36. The average molecular weight is 408 g/mol. The van der Waals surface area contributed by atoms with E-state index in [2.05, 4.69) is 0 Å². The third-order valence-corrected chi connectivity index (χ3v) is 6.88. The third-order valence-electron chi connectivity index (χ3n) is 5.13. The maximum atomic E-state index is 12.4. The van der Waals surface area contributed by atoms with Crippen LogP contribution in [0.15, 0.2) is 24.3 Å². The number of hydrogen-bond donors (Lipinski definition) is 0. The summed E-state index contributed by atoms with van der Waals surface area (Å²) in [5.41, 5.74) is 1.02. The first-order chi connectivity index (χ1) is 13.3. The van der Waals surface area contributed by atoms with E-state index in [1.165, 1.54) is 4.90 Å². The van der Waals surface area contributed by atoms with Gasteiger partial charge in [-0.05, 0) is 44.0 Å². The van der Waals surface area contributed by atoms with Gasteiger partial charge in [0.2, 0.25) is 5.91 Å². The van der Waals surface area contributed by atoms with E-state index in [1.54, 1.807) is 36.1 Å². The molecule has 0 aromatic heterocycles. The minimum absolute atomic E-state index is 0.0444. The van der Waals surface area contributed by atoms with Crippen molar-refractivity contribution < 1.29 is 27.5 Å². The van der Waals surface area contributed by atoms with Crippen LogP contribution in [-0.2, 0) is 24.2 Å². The van der Waals surface area contributed by atoms with Gasteiger partial charge in [0.25, 0.3) is 5.91 Å². The highest BCUT2D eigenvalue weighted by Gasteiger charge is 2.34. The van der Waals surface area contributed by atoms with Gasteiger partial charge >= 0.3 is 5.97 Å². The monoisotopic (exact) mass is 408 g/mol. The van der Waals surface area contributed by atoms with Crippen molar-refractivity contribution in [2.24, 2.45) is 0 Å². The van der Waals surface area contributed by atoms with Gasteiger partial charge in [0.05, 0.1) is 17.1 Å². The van der Waals surface area contributed by atoms with Gasteiger partial charge in [0, 0.05) is 31.2 Å². The molecule has 0 aliphatic carbocycles. The molecule has 8 nitrogen and oxygen atoms in total. The van der Waals surface area contributed by atoms with E-state index in [4.69, 9.17) is 4.74 Å². The molecular weight excluding hydrogens is 384 g/mol. The molecule has 0 saturated carbocycles. The van der Waals surface area contributed by atoms with E-state index in [0.717, 1.165) is 12.1 Å². The molecular formula is C19H24N2O6S. The van der Waals surface area contributed by atoms with Gasteiger partial charge in [-0.3, -0.25) is 9.59 Å². The minimum Gasteiger partial charge on any atom is -0.452 e. The lowest BCUT2D eigenvalue weighted by molar-refractivity contribution is -0.136. The standard InChI is InChI=1S/C19H24N2O6S/c1-2-20(16-9-11-28(25,26)13-16)18(23)12-27-19(24)14-5-7-15(8-6-14)21-10-3-4-17(21)22/h5-8,16H,2-4,9-13H2,1H3/t16-/m0/s1. The summed E-state index contributed by atoms with van der Waals surface area (Å²) >= 11 is 0. The zero-order valence-corrected chi connectivity index (χ0v) is 16.6. The summed E-state index contributed by atoms with van der Waals surface area (Å²) in [6.07, 6.45) is 1.76. The van der Waals surface area contributed by atoms with Crippen LogP contribution < -0.4 is 4.90 Å². The molecule has 2 amide bonds. The van der Waals surface area contributed by atoms with E-state index in [0.29, 0.717) is 25.9 Å². The minimum atomic E-state index is -3.10. The molecule has 0 unspecified atom stereocenters. The summed E-state index contributed by atoms with van der Waals surface area (Å²) < 4.78 is 28.4. The van der Waals surface area contributed by atoms with Crippen LogP contribution in [0, 0.1) is 0 Å². The normalized spacial score (nSPS) is 21.0. The van der Waals surface area contributed by atoms with Crippen molar-refractivity contribution in [1.82, 2.24) is 4.90 Å². The van der Waals surface area contributed by atoms with Crippen molar-refractivity contribution in [2.45, 2.75) is 32.2 Å². The van der Waals surface area contributed by atoms with Crippen LogP contribution >= 0.6 is 0 Å². The van der Waals surface area contributed by atoms with Crippen molar-refractivity contribution >= 4 is 33.3 Å². The number of hydrogen-bond acceptors (Lipinski definition) is 6. The van der Waals surface area contributed by atoms with Crippen molar-refractivity contribution in [3.63, 3.8) is 0 Å². The predicted molar refractivity (Wildman–Crippen MR) is 103 cm³/mol. The summed E-state index contributed by atoms with van der Waals surface area (Å²) in [4.78, 5) is 39.5. The third kappa shape index (κ3) is 4.52. The Bertz CT molecular complexity index is 865. The Hall–Kier alpha value is -2.42. The van der Waals surface area contributed by atoms with Gasteiger partial charge in [0.15, 0.2) is 16.4 Å². The second kappa shape index (κ2) is 8.30. The van der Waals surface area contributed by atoms with Crippen molar-refractivity contribution in [3.05, 3.63) is 29.8 Å². The number of benzene rings is 1. The number of carbonyl (C=O) groups excluding carboxylic acids is 3. The number of ether oxygens (including phenoxy) is 1. The zero-order valence-electron chi connectivity index (χ0n) is 15.8. The molecule has 3 rings (SSSR count). The van der Waals surface area contributed by atoms with Gasteiger partial charge in [-0.15, -0.1) is 0 Å². The number of esters is 1. The number of nitrogens with zero attached hydrogens (tertiary/aromatic N) is 2. The maximum absolute atomic E-state index is 12.4. The Morgan fingerprint density at radius 3 is 2.50 bits per heavy atom. The number of sulfone groups is 1. The van der Waals surface area contributed by atoms with Crippen LogP contribution in [0.3, 0.4) is 0 Å². The first-order valence-corrected chi connectivity index (χ1v) is 11.2. The van der Waals surface area contributed by atoms with Crippen LogP contribution in [0.2, 0.25) is 0 Å². The van der Waals surface area contributed by atoms with Crippen LogP contribution in [0.25, 0.3) is 0 Å². The van der Waals surface area contributed by atoms with Crippen LogP contribution in [0.5, 0.6) is 0 Å². The average Bonchev–Trinajstić information content (AvgIpc) is 3.25. The Labute approximate surface area is 164 Å². The Kier molecular flexibility index (Phi) is 6.02. The van der Waals surface area contributed by atoms with Gasteiger partial charge in [-0.1, -0.05) is 0 Å². The molecule has 1 aromatic carbocycles. The van der Waals surface area contributed by atoms with E-state index in [9.17, 15) is 22.8 Å². The van der Waals surface area contributed by atoms with E-state index < -0.39 is 28.3 Å². The van der Waals surface area contributed by atoms with Gasteiger partial charge in [0.1, 0.15) is 0 Å². The molecule has 0 N–H and O–H groups in total. The second-order valence-electron chi connectivity index (χ2n) is 7.01. The quantitative estimate of drug-likeness (QED) is 0.651. The molecule has 2 saturated heterocycles. The Balaban J connectivity index is 1.55.